The minimum atomic E-state index is -3.49. The molecule has 1 aliphatic rings. The third-order valence-electron chi connectivity index (χ3n) is 4.90. The number of carbonyl (C=O) groups is 1. The van der Waals surface area contributed by atoms with Crippen LogP contribution in [0.15, 0.2) is 32.2 Å². The lowest BCUT2D eigenvalue weighted by Crippen LogP contribution is -2.41. The summed E-state index contributed by atoms with van der Waals surface area (Å²) in [4.78, 5) is 12.5. The van der Waals surface area contributed by atoms with Crippen LogP contribution in [0.3, 0.4) is 0 Å². The minimum Gasteiger partial charge on any atom is -0.401 e. The van der Waals surface area contributed by atoms with E-state index < -0.39 is 10.0 Å². The van der Waals surface area contributed by atoms with E-state index in [1.54, 1.807) is 22.2 Å². The van der Waals surface area contributed by atoms with E-state index >= 15 is 0 Å². The molecule has 0 aliphatic carbocycles. The number of piperidine rings is 1. The predicted octanol–water partition coefficient (Wildman–Crippen LogP) is 1.88. The highest BCUT2D eigenvalue weighted by Gasteiger charge is 2.33. The van der Waals surface area contributed by atoms with Crippen molar-refractivity contribution in [1.82, 2.24) is 24.3 Å². The summed E-state index contributed by atoms with van der Waals surface area (Å²) < 4.78 is 34.1. The zero-order valence-corrected chi connectivity index (χ0v) is 17.5. The molecular formula is C17H20N6O4S2. The van der Waals surface area contributed by atoms with Crippen molar-refractivity contribution in [2.24, 2.45) is 13.0 Å². The van der Waals surface area contributed by atoms with Gasteiger partial charge in [0.25, 0.3) is 15.9 Å². The lowest BCUT2D eigenvalue weighted by Gasteiger charge is -2.29. The van der Waals surface area contributed by atoms with Crippen LogP contribution in [0.1, 0.15) is 18.5 Å². The quantitative estimate of drug-likeness (QED) is 0.648. The fourth-order valence-electron chi connectivity index (χ4n) is 3.15. The predicted molar refractivity (Wildman–Crippen MR) is 106 cm³/mol. The van der Waals surface area contributed by atoms with Gasteiger partial charge in [-0.25, -0.2) is 8.42 Å². The number of aromatic nitrogens is 4. The maximum absolute atomic E-state index is 12.6. The molecular weight excluding hydrogens is 416 g/mol. The third-order valence-corrected chi connectivity index (χ3v) is 8.17. The number of sulfonamides is 1. The standard InChI is InChI=1S/C17H20N6O4S2/c1-11-10-13(21-22(11)2)16-19-20-17(27-16)18-15(24)12-5-7-23(8-6-12)29(25,26)14-4-3-9-28-14/h3-4,9-10,12H,5-8H2,1-2H3,(H,18,20,24). The van der Waals surface area contributed by atoms with Crippen molar-refractivity contribution >= 4 is 33.3 Å². The summed E-state index contributed by atoms with van der Waals surface area (Å²) in [6.45, 7) is 2.49. The van der Waals surface area contributed by atoms with Gasteiger partial charge in [-0.05, 0) is 37.3 Å². The Bertz CT molecular complexity index is 1090. The Kier molecular flexibility index (Phi) is 5.23. The normalized spacial score (nSPS) is 16.2. The molecule has 154 valence electrons. The molecule has 29 heavy (non-hydrogen) atoms. The lowest BCUT2D eigenvalue weighted by atomic mass is 9.97. The van der Waals surface area contributed by atoms with E-state index in [0.717, 1.165) is 5.69 Å². The first kappa shape index (κ1) is 19.7. The zero-order chi connectivity index (χ0) is 20.6. The van der Waals surface area contributed by atoms with Crippen LogP contribution >= 0.6 is 11.3 Å². The van der Waals surface area contributed by atoms with Crippen LogP contribution in [-0.2, 0) is 21.9 Å². The zero-order valence-electron chi connectivity index (χ0n) is 15.9. The number of anilines is 1. The number of nitrogens with one attached hydrogen (secondary N) is 1. The number of hydrogen-bond donors (Lipinski definition) is 1. The van der Waals surface area contributed by atoms with Crippen molar-refractivity contribution in [3.63, 3.8) is 0 Å². The monoisotopic (exact) mass is 436 g/mol. The molecule has 1 aliphatic heterocycles. The molecule has 0 spiro atoms. The molecule has 0 saturated carbocycles. The second-order valence-corrected chi connectivity index (χ2v) is 9.92. The summed E-state index contributed by atoms with van der Waals surface area (Å²) in [5.74, 6) is -0.358. The Morgan fingerprint density at radius 3 is 2.69 bits per heavy atom. The topological polar surface area (TPSA) is 123 Å². The fraction of sp³-hybridized carbons (Fsp3) is 0.412. The van der Waals surface area contributed by atoms with Gasteiger partial charge in [0.05, 0.1) is 0 Å². The molecule has 4 rings (SSSR count). The molecule has 1 N–H and O–H groups in total. The SMILES string of the molecule is Cc1cc(-c2nnc(NC(=O)C3CCN(S(=O)(=O)c4cccs4)CC3)o2)nn1C. The van der Waals surface area contributed by atoms with E-state index in [1.807, 2.05) is 20.0 Å². The van der Waals surface area contributed by atoms with E-state index in [9.17, 15) is 13.2 Å². The molecule has 1 fully saturated rings. The van der Waals surface area contributed by atoms with Gasteiger partial charge in [-0.2, -0.15) is 9.40 Å². The lowest BCUT2D eigenvalue weighted by molar-refractivity contribution is -0.121. The summed E-state index contributed by atoms with van der Waals surface area (Å²) in [5.41, 5.74) is 1.47. The number of thiophene rings is 1. The Labute approximate surface area is 171 Å². The number of amides is 1. The Morgan fingerprint density at radius 1 is 1.31 bits per heavy atom. The fourth-order valence-corrected chi connectivity index (χ4v) is 5.76. The summed E-state index contributed by atoms with van der Waals surface area (Å²) in [7, 11) is -1.68. The molecule has 0 bridgehead atoms. The molecule has 10 nitrogen and oxygen atoms in total. The largest absolute Gasteiger partial charge is 0.401 e. The van der Waals surface area contributed by atoms with Gasteiger partial charge in [0, 0.05) is 31.7 Å². The first-order chi connectivity index (χ1) is 13.8. The smallest absolute Gasteiger partial charge is 0.322 e. The van der Waals surface area contributed by atoms with Crippen LogP contribution in [-0.4, -0.2) is 51.7 Å². The summed E-state index contributed by atoms with van der Waals surface area (Å²) in [5, 5.41) is 16.4. The van der Waals surface area contributed by atoms with Gasteiger partial charge in [0.15, 0.2) is 0 Å². The number of rotatable bonds is 5. The van der Waals surface area contributed by atoms with Crippen molar-refractivity contribution in [3.8, 4) is 11.6 Å². The average Bonchev–Trinajstić information content (AvgIpc) is 3.44. The highest BCUT2D eigenvalue weighted by molar-refractivity contribution is 7.91. The molecule has 0 atom stereocenters. The van der Waals surface area contributed by atoms with E-state index in [2.05, 4.69) is 20.6 Å². The van der Waals surface area contributed by atoms with Gasteiger partial charge in [-0.3, -0.25) is 14.8 Å². The molecule has 1 saturated heterocycles. The first-order valence-electron chi connectivity index (χ1n) is 9.03. The van der Waals surface area contributed by atoms with Gasteiger partial charge < -0.3 is 4.42 Å². The van der Waals surface area contributed by atoms with Crippen molar-refractivity contribution in [3.05, 3.63) is 29.3 Å². The minimum absolute atomic E-state index is 0.00180. The Balaban J connectivity index is 1.36. The van der Waals surface area contributed by atoms with Crippen LogP contribution in [0, 0.1) is 12.8 Å². The Morgan fingerprint density at radius 2 is 2.07 bits per heavy atom. The van der Waals surface area contributed by atoms with E-state index in [1.165, 1.54) is 15.6 Å². The number of hydrogen-bond acceptors (Lipinski definition) is 8. The van der Waals surface area contributed by atoms with Gasteiger partial charge in [0.1, 0.15) is 9.90 Å². The molecule has 4 heterocycles. The van der Waals surface area contributed by atoms with Gasteiger partial charge in [0.2, 0.25) is 5.91 Å². The van der Waals surface area contributed by atoms with Crippen LogP contribution in [0.2, 0.25) is 0 Å². The molecule has 3 aromatic rings. The molecule has 0 unspecified atom stereocenters. The highest BCUT2D eigenvalue weighted by Crippen LogP contribution is 2.27. The van der Waals surface area contributed by atoms with Crippen LogP contribution < -0.4 is 5.32 Å². The number of carbonyl (C=O) groups excluding carboxylic acids is 1. The van der Waals surface area contributed by atoms with Gasteiger partial charge >= 0.3 is 6.01 Å². The van der Waals surface area contributed by atoms with E-state index in [-0.39, 0.29) is 23.7 Å². The van der Waals surface area contributed by atoms with Crippen molar-refractivity contribution in [2.45, 2.75) is 24.0 Å². The maximum Gasteiger partial charge on any atom is 0.322 e. The summed E-state index contributed by atoms with van der Waals surface area (Å²) >= 11 is 1.19. The maximum atomic E-state index is 12.6. The van der Waals surface area contributed by atoms with E-state index in [4.69, 9.17) is 4.42 Å². The third kappa shape index (κ3) is 3.95. The average molecular weight is 437 g/mol. The molecule has 0 aromatic carbocycles. The molecule has 3 aromatic heterocycles. The van der Waals surface area contributed by atoms with Crippen LogP contribution in [0.5, 0.6) is 0 Å². The van der Waals surface area contributed by atoms with Crippen molar-refractivity contribution in [2.75, 3.05) is 18.4 Å². The second kappa shape index (κ2) is 7.69. The molecule has 12 heteroatoms. The highest BCUT2D eigenvalue weighted by atomic mass is 32.2. The number of nitrogens with zero attached hydrogens (tertiary/aromatic N) is 5. The van der Waals surface area contributed by atoms with Crippen molar-refractivity contribution < 1.29 is 17.6 Å². The van der Waals surface area contributed by atoms with Gasteiger partial charge in [-0.15, -0.1) is 16.4 Å². The second-order valence-electron chi connectivity index (χ2n) is 6.81. The Hall–Kier alpha value is -2.57. The van der Waals surface area contributed by atoms with E-state index in [0.29, 0.717) is 35.8 Å². The van der Waals surface area contributed by atoms with Gasteiger partial charge in [-0.1, -0.05) is 11.2 Å². The van der Waals surface area contributed by atoms with Crippen LogP contribution in [0.25, 0.3) is 11.6 Å². The molecule has 0 radical (unpaired) electrons. The first-order valence-corrected chi connectivity index (χ1v) is 11.4. The number of aryl methyl sites for hydroxylation is 2. The van der Waals surface area contributed by atoms with Crippen LogP contribution in [0.4, 0.5) is 6.01 Å². The molecule has 1 amide bonds. The van der Waals surface area contributed by atoms with Crippen molar-refractivity contribution in [1.29, 1.82) is 0 Å². The summed E-state index contributed by atoms with van der Waals surface area (Å²) in [6.07, 6.45) is 0.855. The summed E-state index contributed by atoms with van der Waals surface area (Å²) in [6, 6.07) is 5.11.